The van der Waals surface area contributed by atoms with Gasteiger partial charge < -0.3 is 20.2 Å². The number of carboxylic acid groups (broad SMARTS) is 1. The van der Waals surface area contributed by atoms with Crippen molar-refractivity contribution in [2.24, 2.45) is 22.9 Å². The number of rotatable bonds is 14. The van der Waals surface area contributed by atoms with Gasteiger partial charge in [-0.3, -0.25) is 4.79 Å². The van der Waals surface area contributed by atoms with Gasteiger partial charge in [0.25, 0.3) is 0 Å². The summed E-state index contributed by atoms with van der Waals surface area (Å²) in [5.41, 5.74) is 0.975. The Balaban J connectivity index is 1.65. The second-order valence-corrected chi connectivity index (χ2v) is 8.29. The molecule has 0 bridgehead atoms. The molecule has 0 amide bonds. The molecule has 0 aliphatic heterocycles. The standard InChI is InChI=1S/C22H37NO5/c1-2-3-4-5-6-7-9-17(24)12-11-16-14-18-19(22(16)27)15-20(18)23-28-13-8-10-21(25)26/h11-12,16-19,22,24,27H,2-10,13-15H2,1H3,(H,25,26)/t16?,17?,18-,19+,22?/m0/s1. The van der Waals surface area contributed by atoms with E-state index < -0.39 is 12.1 Å². The van der Waals surface area contributed by atoms with Crippen molar-refractivity contribution in [1.82, 2.24) is 0 Å². The number of carbonyl (C=O) groups is 1. The number of unbranched alkanes of at least 4 members (excludes halogenated alkanes) is 5. The minimum atomic E-state index is -0.827. The van der Waals surface area contributed by atoms with Gasteiger partial charge in [-0.15, -0.1) is 0 Å². The monoisotopic (exact) mass is 395 g/mol. The molecule has 28 heavy (non-hydrogen) atoms. The van der Waals surface area contributed by atoms with Crippen LogP contribution in [0.1, 0.15) is 77.6 Å². The molecule has 2 aliphatic carbocycles. The zero-order valence-corrected chi connectivity index (χ0v) is 17.1. The van der Waals surface area contributed by atoms with E-state index in [4.69, 9.17) is 9.94 Å². The Morgan fingerprint density at radius 2 is 2.00 bits per heavy atom. The molecule has 0 spiro atoms. The molecule has 0 saturated heterocycles. The Labute approximate surface area is 168 Å². The van der Waals surface area contributed by atoms with Crippen molar-refractivity contribution < 1.29 is 25.0 Å². The van der Waals surface area contributed by atoms with Crippen LogP contribution in [0.3, 0.4) is 0 Å². The topological polar surface area (TPSA) is 99.4 Å². The maximum Gasteiger partial charge on any atom is 0.303 e. The largest absolute Gasteiger partial charge is 0.481 e. The fraction of sp³-hybridized carbons (Fsp3) is 0.818. The molecular formula is C22H37NO5. The Morgan fingerprint density at radius 3 is 2.75 bits per heavy atom. The summed E-state index contributed by atoms with van der Waals surface area (Å²) < 4.78 is 0. The number of carboxylic acids is 1. The van der Waals surface area contributed by atoms with Crippen LogP contribution in [0.5, 0.6) is 0 Å². The first-order chi connectivity index (χ1) is 13.5. The lowest BCUT2D eigenvalue weighted by Gasteiger charge is -2.33. The summed E-state index contributed by atoms with van der Waals surface area (Å²) in [5, 5.41) is 33.4. The third kappa shape index (κ3) is 7.21. The van der Waals surface area contributed by atoms with Gasteiger partial charge in [0, 0.05) is 18.3 Å². The third-order valence-electron chi connectivity index (χ3n) is 6.04. The SMILES string of the molecule is CCCCCCCCC(O)C=CC1C[C@@H]2C(=NOCCCC(=O)O)C[C@H]2C1O. The first-order valence-electron chi connectivity index (χ1n) is 11.0. The highest BCUT2D eigenvalue weighted by Gasteiger charge is 2.51. The quantitative estimate of drug-likeness (QED) is 0.235. The number of fused-ring (bicyclic) bond motifs is 1. The van der Waals surface area contributed by atoms with Gasteiger partial charge in [0.1, 0.15) is 6.61 Å². The summed E-state index contributed by atoms with van der Waals surface area (Å²) in [5.74, 6) is -0.285. The highest BCUT2D eigenvalue weighted by Crippen LogP contribution is 2.48. The maximum atomic E-state index is 10.5. The summed E-state index contributed by atoms with van der Waals surface area (Å²) in [6, 6.07) is 0. The summed E-state index contributed by atoms with van der Waals surface area (Å²) >= 11 is 0. The lowest BCUT2D eigenvalue weighted by molar-refractivity contribution is -0.137. The Bertz CT molecular complexity index is 533. The molecule has 0 heterocycles. The molecule has 160 valence electrons. The van der Waals surface area contributed by atoms with Gasteiger partial charge in [0.2, 0.25) is 0 Å². The van der Waals surface area contributed by atoms with Gasteiger partial charge in [0.05, 0.1) is 17.9 Å². The maximum absolute atomic E-state index is 10.5. The molecule has 3 unspecified atom stereocenters. The molecule has 2 rings (SSSR count). The summed E-state index contributed by atoms with van der Waals surface area (Å²) in [7, 11) is 0. The van der Waals surface area contributed by atoms with Crippen LogP contribution < -0.4 is 0 Å². The normalized spacial score (nSPS) is 29.0. The Hall–Kier alpha value is -1.40. The minimum Gasteiger partial charge on any atom is -0.481 e. The molecule has 0 aromatic heterocycles. The van der Waals surface area contributed by atoms with E-state index in [0.29, 0.717) is 13.0 Å². The highest BCUT2D eigenvalue weighted by molar-refractivity contribution is 5.93. The van der Waals surface area contributed by atoms with Gasteiger partial charge in [-0.05, 0) is 31.6 Å². The molecule has 0 radical (unpaired) electrons. The predicted octanol–water partition coefficient (Wildman–Crippen LogP) is 3.91. The Kier molecular flexibility index (Phi) is 9.99. The van der Waals surface area contributed by atoms with E-state index in [1.165, 1.54) is 32.1 Å². The van der Waals surface area contributed by atoms with Crippen LogP contribution in [0.25, 0.3) is 0 Å². The van der Waals surface area contributed by atoms with Gasteiger partial charge in [0.15, 0.2) is 0 Å². The summed E-state index contributed by atoms with van der Waals surface area (Å²) in [4.78, 5) is 15.7. The van der Waals surface area contributed by atoms with Crippen molar-refractivity contribution in [3.8, 4) is 0 Å². The summed E-state index contributed by atoms with van der Waals surface area (Å²) in [6.45, 7) is 2.52. The van der Waals surface area contributed by atoms with E-state index in [2.05, 4.69) is 12.1 Å². The lowest BCUT2D eigenvalue weighted by atomic mass is 9.73. The zero-order chi connectivity index (χ0) is 20.4. The van der Waals surface area contributed by atoms with E-state index in [-0.39, 0.29) is 30.3 Å². The molecule has 2 saturated carbocycles. The van der Waals surface area contributed by atoms with Crippen molar-refractivity contribution in [1.29, 1.82) is 0 Å². The van der Waals surface area contributed by atoms with Crippen molar-refractivity contribution >= 4 is 11.7 Å². The van der Waals surface area contributed by atoms with Gasteiger partial charge in [-0.25, -0.2) is 0 Å². The van der Waals surface area contributed by atoms with Crippen LogP contribution in [-0.4, -0.2) is 45.8 Å². The van der Waals surface area contributed by atoms with Crippen LogP contribution in [0.2, 0.25) is 0 Å². The van der Waals surface area contributed by atoms with E-state index in [9.17, 15) is 15.0 Å². The molecule has 5 atom stereocenters. The number of hydrogen-bond donors (Lipinski definition) is 3. The summed E-state index contributed by atoms with van der Waals surface area (Å²) in [6.07, 6.45) is 13.2. The van der Waals surface area contributed by atoms with E-state index in [0.717, 1.165) is 31.4 Å². The first-order valence-corrected chi connectivity index (χ1v) is 11.0. The molecule has 6 nitrogen and oxygen atoms in total. The molecule has 2 fully saturated rings. The second-order valence-electron chi connectivity index (χ2n) is 8.29. The van der Waals surface area contributed by atoms with Crippen LogP contribution in [0.4, 0.5) is 0 Å². The van der Waals surface area contributed by atoms with Gasteiger partial charge >= 0.3 is 5.97 Å². The Morgan fingerprint density at radius 1 is 1.25 bits per heavy atom. The number of hydrogen-bond acceptors (Lipinski definition) is 5. The van der Waals surface area contributed by atoms with E-state index >= 15 is 0 Å². The predicted molar refractivity (Wildman–Crippen MR) is 109 cm³/mol. The number of aliphatic hydroxyl groups excluding tert-OH is 2. The number of oxime groups is 1. The minimum absolute atomic E-state index is 0.0638. The second kappa shape index (κ2) is 12.2. The van der Waals surface area contributed by atoms with Crippen LogP contribution in [0, 0.1) is 17.8 Å². The number of nitrogens with zero attached hydrogens (tertiary/aromatic N) is 1. The molecule has 3 N–H and O–H groups in total. The average Bonchev–Trinajstić information content (AvgIpc) is 2.89. The zero-order valence-electron chi connectivity index (χ0n) is 17.1. The fourth-order valence-corrected chi connectivity index (χ4v) is 4.26. The van der Waals surface area contributed by atoms with Crippen molar-refractivity contribution in [3.63, 3.8) is 0 Å². The van der Waals surface area contributed by atoms with Crippen molar-refractivity contribution in [2.45, 2.75) is 89.8 Å². The van der Waals surface area contributed by atoms with Gasteiger partial charge in [-0.2, -0.15) is 0 Å². The fourth-order valence-electron chi connectivity index (χ4n) is 4.26. The van der Waals surface area contributed by atoms with Gasteiger partial charge in [-0.1, -0.05) is 62.8 Å². The average molecular weight is 396 g/mol. The van der Waals surface area contributed by atoms with Crippen molar-refractivity contribution in [2.75, 3.05) is 6.61 Å². The highest BCUT2D eigenvalue weighted by atomic mass is 16.6. The van der Waals surface area contributed by atoms with Crippen molar-refractivity contribution in [3.05, 3.63) is 12.2 Å². The molecule has 0 aromatic carbocycles. The lowest BCUT2D eigenvalue weighted by Crippen LogP contribution is -2.38. The smallest absolute Gasteiger partial charge is 0.303 e. The van der Waals surface area contributed by atoms with Crippen LogP contribution in [-0.2, 0) is 9.63 Å². The molecular weight excluding hydrogens is 358 g/mol. The number of aliphatic carboxylic acids is 1. The van der Waals surface area contributed by atoms with Crippen LogP contribution >= 0.6 is 0 Å². The molecule has 2 aliphatic rings. The molecule has 6 heteroatoms. The third-order valence-corrected chi connectivity index (χ3v) is 6.04. The van der Waals surface area contributed by atoms with E-state index in [1.54, 1.807) is 0 Å². The first kappa shape index (κ1) is 22.9. The number of aliphatic hydroxyl groups is 2. The van der Waals surface area contributed by atoms with Crippen LogP contribution in [0.15, 0.2) is 17.3 Å². The van der Waals surface area contributed by atoms with E-state index in [1.807, 2.05) is 12.2 Å². The molecule has 0 aromatic rings.